The molecule has 1 atom stereocenters. The molecule has 102 valence electrons. The van der Waals surface area contributed by atoms with Crippen LogP contribution >= 0.6 is 0 Å². The van der Waals surface area contributed by atoms with Crippen LogP contribution in [-0.2, 0) is 6.61 Å². The van der Waals surface area contributed by atoms with E-state index in [0.29, 0.717) is 12.2 Å². The quantitative estimate of drug-likeness (QED) is 0.921. The highest BCUT2D eigenvalue weighted by Crippen LogP contribution is 2.22. The highest BCUT2D eigenvalue weighted by Gasteiger charge is 2.05. The van der Waals surface area contributed by atoms with Crippen molar-refractivity contribution in [1.29, 1.82) is 5.26 Å². The van der Waals surface area contributed by atoms with Crippen LogP contribution in [0.1, 0.15) is 35.2 Å². The third-order valence-electron chi connectivity index (χ3n) is 3.18. The zero-order valence-electron chi connectivity index (χ0n) is 11.8. The molecule has 2 aromatic carbocycles. The number of ether oxygens (including phenoxy) is 1. The molecule has 0 saturated heterocycles. The van der Waals surface area contributed by atoms with Crippen molar-refractivity contribution in [2.75, 3.05) is 0 Å². The summed E-state index contributed by atoms with van der Waals surface area (Å²) in [7, 11) is 0. The van der Waals surface area contributed by atoms with E-state index in [-0.39, 0.29) is 6.04 Å². The average molecular weight is 266 g/mol. The fraction of sp³-hybridized carbons (Fsp3) is 0.235. The van der Waals surface area contributed by atoms with Gasteiger partial charge in [0.1, 0.15) is 12.4 Å². The van der Waals surface area contributed by atoms with Crippen molar-refractivity contribution in [2.24, 2.45) is 5.73 Å². The Morgan fingerprint density at radius 2 is 2.05 bits per heavy atom. The van der Waals surface area contributed by atoms with Crippen LogP contribution < -0.4 is 10.5 Å². The van der Waals surface area contributed by atoms with Crippen LogP contribution in [-0.4, -0.2) is 0 Å². The Morgan fingerprint density at radius 3 is 2.70 bits per heavy atom. The van der Waals surface area contributed by atoms with Crippen molar-refractivity contribution in [3.8, 4) is 11.8 Å². The average Bonchev–Trinajstić information content (AvgIpc) is 2.46. The number of benzene rings is 2. The molecule has 3 heteroatoms. The normalized spacial score (nSPS) is 11.7. The smallest absolute Gasteiger partial charge is 0.122 e. The van der Waals surface area contributed by atoms with Gasteiger partial charge >= 0.3 is 0 Å². The van der Waals surface area contributed by atoms with Crippen LogP contribution in [0, 0.1) is 18.3 Å². The first kappa shape index (κ1) is 14.1. The van der Waals surface area contributed by atoms with Crippen molar-refractivity contribution in [3.05, 3.63) is 64.7 Å². The van der Waals surface area contributed by atoms with E-state index in [1.165, 1.54) is 0 Å². The van der Waals surface area contributed by atoms with Crippen LogP contribution in [0.5, 0.6) is 5.75 Å². The number of nitrogens with two attached hydrogens (primary N) is 1. The van der Waals surface area contributed by atoms with Gasteiger partial charge in [0.05, 0.1) is 11.6 Å². The van der Waals surface area contributed by atoms with Crippen molar-refractivity contribution >= 4 is 0 Å². The molecule has 0 aromatic heterocycles. The molecule has 0 saturated carbocycles. The highest BCUT2D eigenvalue weighted by molar-refractivity contribution is 5.38. The zero-order valence-corrected chi connectivity index (χ0v) is 11.8. The molecule has 0 bridgehead atoms. The third-order valence-corrected chi connectivity index (χ3v) is 3.18. The molecule has 0 unspecified atom stereocenters. The summed E-state index contributed by atoms with van der Waals surface area (Å²) in [5.74, 6) is 0.844. The van der Waals surface area contributed by atoms with E-state index >= 15 is 0 Å². The maximum absolute atomic E-state index is 8.87. The Balaban J connectivity index is 2.09. The van der Waals surface area contributed by atoms with Crippen LogP contribution in [0.15, 0.2) is 42.5 Å². The number of aryl methyl sites for hydroxylation is 1. The summed E-state index contributed by atoms with van der Waals surface area (Å²) in [6, 6.07) is 15.6. The maximum atomic E-state index is 8.87. The topological polar surface area (TPSA) is 59.0 Å². The van der Waals surface area contributed by atoms with E-state index in [1.807, 2.05) is 50.2 Å². The fourth-order valence-corrected chi connectivity index (χ4v) is 2.01. The molecule has 2 aromatic rings. The molecule has 20 heavy (non-hydrogen) atoms. The first-order valence-corrected chi connectivity index (χ1v) is 6.58. The minimum atomic E-state index is 0.0232. The van der Waals surface area contributed by atoms with E-state index in [0.717, 1.165) is 22.4 Å². The lowest BCUT2D eigenvalue weighted by atomic mass is 10.1. The first-order chi connectivity index (χ1) is 9.60. The molecule has 2 rings (SSSR count). The van der Waals surface area contributed by atoms with E-state index in [4.69, 9.17) is 15.7 Å². The molecule has 0 aliphatic carbocycles. The Hall–Kier alpha value is -2.31. The minimum absolute atomic E-state index is 0.0232. The van der Waals surface area contributed by atoms with Gasteiger partial charge in [-0.05, 0) is 48.7 Å². The number of hydrogen-bond donors (Lipinski definition) is 1. The van der Waals surface area contributed by atoms with E-state index in [9.17, 15) is 0 Å². The molecule has 0 spiro atoms. The summed E-state index contributed by atoms with van der Waals surface area (Å²) in [5, 5.41) is 8.87. The Morgan fingerprint density at radius 1 is 1.25 bits per heavy atom. The zero-order chi connectivity index (χ0) is 14.5. The summed E-state index contributed by atoms with van der Waals surface area (Å²) in [5.41, 5.74) is 9.66. The van der Waals surface area contributed by atoms with Crippen molar-refractivity contribution in [1.82, 2.24) is 0 Å². The molecule has 0 aliphatic rings. The summed E-state index contributed by atoms with van der Waals surface area (Å²) >= 11 is 0. The molecule has 2 N–H and O–H groups in total. The molecule has 0 aliphatic heterocycles. The lowest BCUT2D eigenvalue weighted by Gasteiger charge is -2.12. The van der Waals surface area contributed by atoms with E-state index in [2.05, 4.69) is 6.07 Å². The van der Waals surface area contributed by atoms with Gasteiger partial charge < -0.3 is 10.5 Å². The summed E-state index contributed by atoms with van der Waals surface area (Å²) < 4.78 is 5.81. The van der Waals surface area contributed by atoms with Crippen molar-refractivity contribution in [2.45, 2.75) is 26.5 Å². The third kappa shape index (κ3) is 3.37. The van der Waals surface area contributed by atoms with Gasteiger partial charge in [-0.15, -0.1) is 0 Å². The number of nitrogens with zero attached hydrogens (tertiary/aromatic N) is 1. The van der Waals surface area contributed by atoms with Gasteiger partial charge in [0, 0.05) is 6.04 Å². The Labute approximate surface area is 119 Å². The van der Waals surface area contributed by atoms with E-state index in [1.54, 1.807) is 6.07 Å². The van der Waals surface area contributed by atoms with Crippen LogP contribution in [0.3, 0.4) is 0 Å². The molecule has 0 fully saturated rings. The number of rotatable bonds is 4. The van der Waals surface area contributed by atoms with E-state index < -0.39 is 0 Å². The van der Waals surface area contributed by atoms with Gasteiger partial charge in [0.25, 0.3) is 0 Å². The molecule has 0 heterocycles. The monoisotopic (exact) mass is 266 g/mol. The largest absolute Gasteiger partial charge is 0.489 e. The van der Waals surface area contributed by atoms with Crippen molar-refractivity contribution in [3.63, 3.8) is 0 Å². The highest BCUT2D eigenvalue weighted by atomic mass is 16.5. The van der Waals surface area contributed by atoms with Crippen LogP contribution in [0.2, 0.25) is 0 Å². The Kier molecular flexibility index (Phi) is 4.39. The predicted molar refractivity (Wildman–Crippen MR) is 79.3 cm³/mol. The lowest BCUT2D eigenvalue weighted by Crippen LogP contribution is -2.05. The van der Waals surface area contributed by atoms with Gasteiger partial charge in [0.15, 0.2) is 0 Å². The SMILES string of the molecule is Cc1cc([C@@H](C)N)ccc1OCc1cccc(C#N)c1. The summed E-state index contributed by atoms with van der Waals surface area (Å²) in [4.78, 5) is 0. The number of nitriles is 1. The molecule has 0 amide bonds. The second-order valence-electron chi connectivity index (χ2n) is 4.91. The summed E-state index contributed by atoms with van der Waals surface area (Å²) in [6.07, 6.45) is 0. The summed E-state index contributed by atoms with van der Waals surface area (Å²) in [6.45, 7) is 4.42. The fourth-order valence-electron chi connectivity index (χ4n) is 2.01. The lowest BCUT2D eigenvalue weighted by molar-refractivity contribution is 0.304. The van der Waals surface area contributed by atoms with Gasteiger partial charge in [-0.25, -0.2) is 0 Å². The van der Waals surface area contributed by atoms with Gasteiger partial charge in [-0.3, -0.25) is 0 Å². The van der Waals surface area contributed by atoms with Gasteiger partial charge in [-0.1, -0.05) is 24.3 Å². The van der Waals surface area contributed by atoms with Crippen molar-refractivity contribution < 1.29 is 4.74 Å². The second kappa shape index (κ2) is 6.23. The molecule has 3 nitrogen and oxygen atoms in total. The predicted octanol–water partition coefficient (Wildman–Crippen LogP) is 3.47. The molecular formula is C17H18N2O. The molecule has 0 radical (unpaired) electrons. The van der Waals surface area contributed by atoms with Crippen LogP contribution in [0.4, 0.5) is 0 Å². The Bertz CT molecular complexity index is 642. The minimum Gasteiger partial charge on any atom is -0.489 e. The standard InChI is InChI=1S/C17H18N2O/c1-12-8-16(13(2)19)6-7-17(12)20-11-15-5-3-4-14(9-15)10-18/h3-9,13H,11,19H2,1-2H3/t13-/m1/s1. The second-order valence-corrected chi connectivity index (χ2v) is 4.91. The number of hydrogen-bond acceptors (Lipinski definition) is 3. The molecular weight excluding hydrogens is 248 g/mol. The maximum Gasteiger partial charge on any atom is 0.122 e. The van der Waals surface area contributed by atoms with Gasteiger partial charge in [-0.2, -0.15) is 5.26 Å². The van der Waals surface area contributed by atoms with Crippen LogP contribution in [0.25, 0.3) is 0 Å². The van der Waals surface area contributed by atoms with Gasteiger partial charge in [0.2, 0.25) is 0 Å². The first-order valence-electron chi connectivity index (χ1n) is 6.58.